The van der Waals surface area contributed by atoms with Gasteiger partial charge < -0.3 is 10.2 Å². The number of hydrogen-bond acceptors (Lipinski definition) is 3. The van der Waals surface area contributed by atoms with E-state index in [-0.39, 0.29) is 22.5 Å². The number of hydrogen-bond donors (Lipinski definition) is 2. The van der Waals surface area contributed by atoms with Gasteiger partial charge in [0.1, 0.15) is 0 Å². The molecule has 0 bridgehead atoms. The molecule has 0 saturated heterocycles. The van der Waals surface area contributed by atoms with Crippen molar-refractivity contribution in [1.82, 2.24) is 0 Å². The molecule has 0 spiro atoms. The minimum absolute atomic E-state index is 0.0105. The van der Waals surface area contributed by atoms with Gasteiger partial charge in [-0.2, -0.15) is 0 Å². The Balaban J connectivity index is 1.75. The van der Waals surface area contributed by atoms with Crippen LogP contribution in [0, 0.1) is 28.6 Å². The van der Waals surface area contributed by atoms with Gasteiger partial charge in [0.15, 0.2) is 5.78 Å². The summed E-state index contributed by atoms with van der Waals surface area (Å²) in [6.45, 7) is 6.37. The van der Waals surface area contributed by atoms with Crippen molar-refractivity contribution in [3.05, 3.63) is 10.6 Å². The summed E-state index contributed by atoms with van der Waals surface area (Å²) < 4.78 is 0. The van der Waals surface area contributed by atoms with E-state index in [0.717, 1.165) is 32.1 Å². The smallest absolute Gasteiger partial charge is 0.174 e. The van der Waals surface area contributed by atoms with Crippen molar-refractivity contribution in [2.24, 2.45) is 28.6 Å². The van der Waals surface area contributed by atoms with Gasteiger partial charge in [-0.25, -0.2) is 0 Å². The first-order valence-electron chi connectivity index (χ1n) is 9.44. The van der Waals surface area contributed by atoms with Crippen molar-refractivity contribution in [3.63, 3.8) is 0 Å². The highest BCUT2D eigenvalue weighted by Crippen LogP contribution is 2.67. The number of carbonyl (C=O) groups is 1. The lowest BCUT2D eigenvalue weighted by molar-refractivity contribution is -0.129. The lowest BCUT2D eigenvalue weighted by Gasteiger charge is -2.59. The average Bonchev–Trinajstić information content (AvgIpc) is 2.68. The zero-order valence-electron chi connectivity index (χ0n) is 14.9. The molecular weight excluding hydrogens is 324 g/mol. The Morgan fingerprint density at radius 2 is 1.83 bits per heavy atom. The number of fused-ring (bicyclic) bond motifs is 5. The van der Waals surface area contributed by atoms with Gasteiger partial charge in [0.2, 0.25) is 0 Å². The Hall–Kier alpha value is -0.380. The zero-order valence-corrected chi connectivity index (χ0v) is 15.7. The number of carbonyl (C=O) groups excluding carboxylic acids is 1. The molecule has 0 unspecified atom stereocenters. The van der Waals surface area contributed by atoms with Gasteiger partial charge in [-0.05, 0) is 67.8 Å². The summed E-state index contributed by atoms with van der Waals surface area (Å²) in [7, 11) is 0. The molecule has 134 valence electrons. The van der Waals surface area contributed by atoms with Crippen molar-refractivity contribution in [3.8, 4) is 0 Å². The third-order valence-corrected chi connectivity index (χ3v) is 9.00. The maximum Gasteiger partial charge on any atom is 0.174 e. The van der Waals surface area contributed by atoms with E-state index in [9.17, 15) is 15.0 Å². The fraction of sp³-hybridized carbons (Fsp3) is 0.850. The molecule has 0 aromatic heterocycles. The van der Waals surface area contributed by atoms with E-state index < -0.39 is 11.7 Å². The molecule has 4 heteroatoms. The third-order valence-electron chi connectivity index (χ3n) is 8.56. The third kappa shape index (κ3) is 1.95. The molecule has 3 nitrogen and oxygen atoms in total. The molecule has 3 fully saturated rings. The van der Waals surface area contributed by atoms with Crippen LogP contribution in [0.3, 0.4) is 0 Å². The minimum Gasteiger partial charge on any atom is -0.393 e. The number of aliphatic hydroxyl groups excluding tert-OH is 1. The van der Waals surface area contributed by atoms with E-state index >= 15 is 0 Å². The Bertz CT molecular complexity index is 624. The van der Waals surface area contributed by atoms with Crippen molar-refractivity contribution in [2.45, 2.75) is 77.4 Å². The van der Waals surface area contributed by atoms with Gasteiger partial charge in [-0.1, -0.05) is 25.4 Å². The molecule has 4 aliphatic carbocycles. The molecular formula is C20H29ClO3. The fourth-order valence-electron chi connectivity index (χ4n) is 7.00. The van der Waals surface area contributed by atoms with Crippen molar-refractivity contribution in [1.29, 1.82) is 0 Å². The number of Topliss-reactive ketones (excluding diaryl/α,β-unsaturated/α-hetero) is 1. The first kappa shape index (κ1) is 17.1. The molecule has 0 aromatic carbocycles. The first-order valence-corrected chi connectivity index (χ1v) is 9.82. The summed E-state index contributed by atoms with van der Waals surface area (Å²) in [5.41, 5.74) is 0.159. The minimum atomic E-state index is -0.792. The molecule has 0 amide bonds. The molecule has 0 heterocycles. The van der Waals surface area contributed by atoms with Crippen molar-refractivity contribution in [2.75, 3.05) is 0 Å². The van der Waals surface area contributed by atoms with E-state index in [1.807, 2.05) is 6.92 Å². The van der Waals surface area contributed by atoms with Crippen LogP contribution >= 0.6 is 11.6 Å². The quantitative estimate of drug-likeness (QED) is 0.697. The summed E-state index contributed by atoms with van der Waals surface area (Å²) in [6.07, 6.45) is 5.33. The molecule has 2 N–H and O–H groups in total. The fourth-order valence-corrected chi connectivity index (χ4v) is 7.41. The van der Waals surface area contributed by atoms with Crippen LogP contribution in [-0.4, -0.2) is 27.7 Å². The summed E-state index contributed by atoms with van der Waals surface area (Å²) >= 11 is 6.41. The van der Waals surface area contributed by atoms with E-state index in [1.165, 1.54) is 5.57 Å². The van der Waals surface area contributed by atoms with E-state index in [4.69, 9.17) is 11.6 Å². The van der Waals surface area contributed by atoms with Crippen LogP contribution in [0.15, 0.2) is 10.6 Å². The lowest BCUT2D eigenvalue weighted by Crippen LogP contribution is -2.55. The van der Waals surface area contributed by atoms with E-state index in [2.05, 4.69) is 13.8 Å². The number of ketones is 1. The van der Waals surface area contributed by atoms with Gasteiger partial charge in [-0.3, -0.25) is 4.79 Å². The standard InChI is InChI=1S/C20H29ClO3/c1-18-8-7-14(22)17(21)13(18)5-4-11-12(18)6-9-19(2)16(11)15(23)10-20(19,3)24/h11-12,15-16,23-24H,4-10H2,1-3H3/t11-,12+,15+,16-,18-,19+,20+/m1/s1. The zero-order chi connectivity index (χ0) is 17.5. The highest BCUT2D eigenvalue weighted by Gasteiger charge is 2.65. The molecule has 4 rings (SSSR count). The highest BCUT2D eigenvalue weighted by atomic mass is 35.5. The average molecular weight is 353 g/mol. The number of rotatable bonds is 0. The second-order valence-electron chi connectivity index (χ2n) is 9.47. The van der Waals surface area contributed by atoms with Crippen LogP contribution in [0.4, 0.5) is 0 Å². The molecule has 24 heavy (non-hydrogen) atoms. The van der Waals surface area contributed by atoms with Gasteiger partial charge >= 0.3 is 0 Å². The lowest BCUT2D eigenvalue weighted by atomic mass is 9.46. The Labute approximate surface area is 149 Å². The number of allylic oxidation sites excluding steroid dienone is 1. The van der Waals surface area contributed by atoms with Gasteiger partial charge in [0.25, 0.3) is 0 Å². The Kier molecular flexibility index (Phi) is 3.61. The normalized spacial score (nSPS) is 54.3. The predicted molar refractivity (Wildman–Crippen MR) is 93.5 cm³/mol. The SMILES string of the molecule is C[C@]12CCC(=O)C(Cl)=C1CC[C@H]1[C@@H]3[C@@H](O)C[C@](C)(O)[C@@]3(C)CC[C@@H]12. The molecule has 4 aliphatic rings. The second-order valence-corrected chi connectivity index (χ2v) is 9.85. The monoisotopic (exact) mass is 352 g/mol. The summed E-state index contributed by atoms with van der Waals surface area (Å²) in [5.74, 6) is 1.14. The van der Waals surface area contributed by atoms with Gasteiger partial charge in [0.05, 0.1) is 16.7 Å². The maximum absolute atomic E-state index is 12.1. The number of aliphatic hydroxyl groups is 2. The Morgan fingerprint density at radius 1 is 1.12 bits per heavy atom. The second kappa shape index (κ2) is 5.08. The van der Waals surface area contributed by atoms with E-state index in [1.54, 1.807) is 0 Å². The Morgan fingerprint density at radius 3 is 2.54 bits per heavy atom. The summed E-state index contributed by atoms with van der Waals surface area (Å²) in [5, 5.41) is 22.2. The summed E-state index contributed by atoms with van der Waals surface area (Å²) in [6, 6.07) is 0. The van der Waals surface area contributed by atoms with Crippen LogP contribution in [0.2, 0.25) is 0 Å². The van der Waals surface area contributed by atoms with Crippen LogP contribution in [-0.2, 0) is 4.79 Å². The highest BCUT2D eigenvalue weighted by molar-refractivity contribution is 6.43. The van der Waals surface area contributed by atoms with Crippen LogP contribution in [0.5, 0.6) is 0 Å². The van der Waals surface area contributed by atoms with Crippen molar-refractivity contribution >= 4 is 17.4 Å². The van der Waals surface area contributed by atoms with Crippen LogP contribution < -0.4 is 0 Å². The molecule has 0 radical (unpaired) electrons. The summed E-state index contributed by atoms with van der Waals surface area (Å²) in [4.78, 5) is 12.1. The first-order chi connectivity index (χ1) is 11.1. The van der Waals surface area contributed by atoms with E-state index in [0.29, 0.717) is 29.7 Å². The van der Waals surface area contributed by atoms with Crippen LogP contribution in [0.1, 0.15) is 65.7 Å². The molecule has 3 saturated carbocycles. The number of halogens is 1. The largest absolute Gasteiger partial charge is 0.393 e. The van der Waals surface area contributed by atoms with Crippen molar-refractivity contribution < 1.29 is 15.0 Å². The molecule has 7 atom stereocenters. The predicted octanol–water partition coefficient (Wildman–Crippen LogP) is 3.81. The molecule has 0 aromatic rings. The van der Waals surface area contributed by atoms with Gasteiger partial charge in [0, 0.05) is 18.3 Å². The van der Waals surface area contributed by atoms with Gasteiger partial charge in [-0.15, -0.1) is 0 Å². The topological polar surface area (TPSA) is 57.5 Å². The maximum atomic E-state index is 12.1. The van der Waals surface area contributed by atoms with Crippen LogP contribution in [0.25, 0.3) is 0 Å². The molecule has 0 aliphatic heterocycles.